The van der Waals surface area contributed by atoms with E-state index in [2.05, 4.69) is 0 Å². The molecular weight excluding hydrogens is 282 g/mol. The van der Waals surface area contributed by atoms with E-state index in [4.69, 9.17) is 9.84 Å². The van der Waals surface area contributed by atoms with Gasteiger partial charge in [-0.05, 0) is 44.4 Å². The lowest BCUT2D eigenvalue weighted by Gasteiger charge is -2.30. The number of aliphatic carboxylic acids is 1. The minimum Gasteiger partial charge on any atom is -0.481 e. The number of carbonyl (C=O) groups excluding carboxylic acids is 1. The van der Waals surface area contributed by atoms with E-state index in [9.17, 15) is 9.59 Å². The number of carboxylic acids is 1. The average molecular weight is 305 g/mol. The molecule has 1 aliphatic rings. The lowest BCUT2D eigenvalue weighted by molar-refractivity contribution is -0.143. The Morgan fingerprint density at radius 2 is 1.82 bits per heavy atom. The number of carboxylic acid groups (broad SMARTS) is 1. The molecular formula is C17H23NO4. The Morgan fingerprint density at radius 3 is 2.32 bits per heavy atom. The Bertz CT molecular complexity index is 516. The van der Waals surface area contributed by atoms with E-state index in [1.807, 2.05) is 38.1 Å². The van der Waals surface area contributed by atoms with Crippen LogP contribution in [0.5, 0.6) is 0 Å². The van der Waals surface area contributed by atoms with E-state index in [0.717, 1.165) is 5.56 Å². The van der Waals surface area contributed by atoms with Gasteiger partial charge in [0.2, 0.25) is 0 Å². The van der Waals surface area contributed by atoms with Gasteiger partial charge in [0.05, 0.1) is 18.6 Å². The van der Waals surface area contributed by atoms with Crippen LogP contribution in [0.15, 0.2) is 24.3 Å². The molecule has 1 aliphatic heterocycles. The number of hydrogen-bond donors (Lipinski definition) is 1. The molecule has 0 aromatic heterocycles. The van der Waals surface area contributed by atoms with Gasteiger partial charge in [0.1, 0.15) is 0 Å². The molecule has 0 aliphatic carbocycles. The van der Waals surface area contributed by atoms with Crippen molar-refractivity contribution >= 4 is 11.9 Å². The molecule has 0 saturated carbocycles. The van der Waals surface area contributed by atoms with Gasteiger partial charge in [0, 0.05) is 18.7 Å². The van der Waals surface area contributed by atoms with E-state index in [0.29, 0.717) is 38.1 Å². The van der Waals surface area contributed by atoms with Crippen LogP contribution in [0.3, 0.4) is 0 Å². The maximum atomic E-state index is 12.4. The largest absolute Gasteiger partial charge is 0.481 e. The van der Waals surface area contributed by atoms with Crippen molar-refractivity contribution in [2.45, 2.75) is 39.4 Å². The predicted molar refractivity (Wildman–Crippen MR) is 82.6 cm³/mol. The topological polar surface area (TPSA) is 66.8 Å². The molecule has 1 amide bonds. The van der Waals surface area contributed by atoms with Gasteiger partial charge in [-0.15, -0.1) is 0 Å². The maximum Gasteiger partial charge on any atom is 0.306 e. The number of piperidine rings is 1. The molecule has 22 heavy (non-hydrogen) atoms. The highest BCUT2D eigenvalue weighted by Gasteiger charge is 2.27. The SMILES string of the molecule is CC(C)OCc1ccc(C(=O)N2CCC(C(=O)O)CC2)cc1. The number of benzene rings is 1. The number of likely N-dealkylation sites (tertiary alicyclic amines) is 1. The van der Waals surface area contributed by atoms with Gasteiger partial charge >= 0.3 is 5.97 Å². The highest BCUT2D eigenvalue weighted by Crippen LogP contribution is 2.19. The van der Waals surface area contributed by atoms with E-state index in [1.54, 1.807) is 4.90 Å². The number of ether oxygens (including phenoxy) is 1. The van der Waals surface area contributed by atoms with Crippen LogP contribution in [0.25, 0.3) is 0 Å². The zero-order valence-electron chi connectivity index (χ0n) is 13.1. The molecule has 120 valence electrons. The Kier molecular flexibility index (Phi) is 5.55. The fraction of sp³-hybridized carbons (Fsp3) is 0.529. The van der Waals surface area contributed by atoms with Crippen LogP contribution in [0.2, 0.25) is 0 Å². The van der Waals surface area contributed by atoms with Crippen molar-refractivity contribution in [2.75, 3.05) is 13.1 Å². The minimum absolute atomic E-state index is 0.0276. The zero-order valence-corrected chi connectivity index (χ0v) is 13.1. The number of rotatable bonds is 5. The summed E-state index contributed by atoms with van der Waals surface area (Å²) in [6, 6.07) is 7.43. The standard InChI is InChI=1S/C17H23NO4/c1-12(2)22-11-13-3-5-14(6-4-13)16(19)18-9-7-15(8-10-18)17(20)21/h3-6,12,15H,7-11H2,1-2H3,(H,20,21). The molecule has 0 unspecified atom stereocenters. The molecule has 1 saturated heterocycles. The van der Waals surface area contributed by atoms with Crippen LogP contribution in [0, 0.1) is 5.92 Å². The summed E-state index contributed by atoms with van der Waals surface area (Å²) in [6.07, 6.45) is 1.24. The molecule has 5 heteroatoms. The molecule has 0 atom stereocenters. The summed E-state index contributed by atoms with van der Waals surface area (Å²) >= 11 is 0. The monoisotopic (exact) mass is 305 g/mol. The van der Waals surface area contributed by atoms with Crippen molar-refractivity contribution in [3.8, 4) is 0 Å². The summed E-state index contributed by atoms with van der Waals surface area (Å²) in [5, 5.41) is 8.98. The van der Waals surface area contributed by atoms with E-state index < -0.39 is 5.97 Å². The number of amides is 1. The highest BCUT2D eigenvalue weighted by molar-refractivity contribution is 5.94. The first-order chi connectivity index (χ1) is 10.5. The molecule has 2 rings (SSSR count). The summed E-state index contributed by atoms with van der Waals surface area (Å²) in [4.78, 5) is 25.1. The van der Waals surface area contributed by atoms with Crippen LogP contribution in [-0.2, 0) is 16.1 Å². The van der Waals surface area contributed by atoms with E-state index >= 15 is 0 Å². The summed E-state index contributed by atoms with van der Waals surface area (Å²) in [6.45, 7) is 5.52. The Hall–Kier alpha value is -1.88. The first-order valence-corrected chi connectivity index (χ1v) is 7.70. The molecule has 1 heterocycles. The molecule has 0 bridgehead atoms. The van der Waals surface area contributed by atoms with E-state index in [1.165, 1.54) is 0 Å². The summed E-state index contributed by atoms with van der Waals surface area (Å²) in [7, 11) is 0. The fourth-order valence-electron chi connectivity index (χ4n) is 2.52. The molecule has 0 radical (unpaired) electrons. The van der Waals surface area contributed by atoms with Crippen molar-refractivity contribution in [3.05, 3.63) is 35.4 Å². The highest BCUT2D eigenvalue weighted by atomic mass is 16.5. The Balaban J connectivity index is 1.91. The van der Waals surface area contributed by atoms with Crippen molar-refractivity contribution in [3.63, 3.8) is 0 Å². The third kappa shape index (κ3) is 4.31. The van der Waals surface area contributed by atoms with Crippen LogP contribution < -0.4 is 0 Å². The van der Waals surface area contributed by atoms with Gasteiger partial charge in [-0.2, -0.15) is 0 Å². The van der Waals surface area contributed by atoms with Gasteiger partial charge in [-0.3, -0.25) is 9.59 Å². The first kappa shape index (κ1) is 16.5. The van der Waals surface area contributed by atoms with Crippen LogP contribution in [0.1, 0.15) is 42.6 Å². The lowest BCUT2D eigenvalue weighted by atomic mass is 9.96. The molecule has 1 aromatic rings. The molecule has 0 spiro atoms. The van der Waals surface area contributed by atoms with Gasteiger partial charge in [0.15, 0.2) is 0 Å². The summed E-state index contributed by atoms with van der Waals surface area (Å²) < 4.78 is 5.53. The third-order valence-corrected chi connectivity index (χ3v) is 3.92. The predicted octanol–water partition coefficient (Wildman–Crippen LogP) is 2.55. The van der Waals surface area contributed by atoms with Gasteiger partial charge in [0.25, 0.3) is 5.91 Å². The lowest BCUT2D eigenvalue weighted by Crippen LogP contribution is -2.40. The molecule has 1 aromatic carbocycles. The van der Waals surface area contributed by atoms with Crippen molar-refractivity contribution in [1.82, 2.24) is 4.90 Å². The number of hydrogen-bond acceptors (Lipinski definition) is 3. The zero-order chi connectivity index (χ0) is 16.1. The van der Waals surface area contributed by atoms with Crippen LogP contribution in [-0.4, -0.2) is 41.1 Å². The van der Waals surface area contributed by atoms with Crippen LogP contribution in [0.4, 0.5) is 0 Å². The quantitative estimate of drug-likeness (QED) is 0.908. The van der Waals surface area contributed by atoms with Gasteiger partial charge in [-0.25, -0.2) is 0 Å². The normalized spacial score (nSPS) is 16.0. The summed E-state index contributed by atoms with van der Waals surface area (Å²) in [5.41, 5.74) is 1.68. The smallest absolute Gasteiger partial charge is 0.306 e. The average Bonchev–Trinajstić information content (AvgIpc) is 2.53. The second-order valence-electron chi connectivity index (χ2n) is 5.96. The van der Waals surface area contributed by atoms with Crippen molar-refractivity contribution in [2.24, 2.45) is 5.92 Å². The Labute approximate surface area is 130 Å². The second-order valence-corrected chi connectivity index (χ2v) is 5.96. The second kappa shape index (κ2) is 7.40. The van der Waals surface area contributed by atoms with Crippen molar-refractivity contribution in [1.29, 1.82) is 0 Å². The molecule has 1 N–H and O–H groups in total. The first-order valence-electron chi connectivity index (χ1n) is 7.70. The minimum atomic E-state index is -0.762. The number of carbonyl (C=O) groups is 2. The van der Waals surface area contributed by atoms with E-state index in [-0.39, 0.29) is 17.9 Å². The Morgan fingerprint density at radius 1 is 1.23 bits per heavy atom. The molecule has 5 nitrogen and oxygen atoms in total. The van der Waals surface area contributed by atoms with Crippen molar-refractivity contribution < 1.29 is 19.4 Å². The number of nitrogens with zero attached hydrogens (tertiary/aromatic N) is 1. The maximum absolute atomic E-state index is 12.4. The van der Waals surface area contributed by atoms with Gasteiger partial charge < -0.3 is 14.7 Å². The molecule has 1 fully saturated rings. The third-order valence-electron chi connectivity index (χ3n) is 3.92. The van der Waals surface area contributed by atoms with Gasteiger partial charge in [-0.1, -0.05) is 12.1 Å². The summed E-state index contributed by atoms with van der Waals surface area (Å²) in [5.74, 6) is -1.11. The fourth-order valence-corrected chi connectivity index (χ4v) is 2.52. The van der Waals surface area contributed by atoms with Crippen LogP contribution >= 0.6 is 0 Å².